The molecule has 0 saturated heterocycles. The van der Waals surface area contributed by atoms with E-state index < -0.39 is 0 Å². The van der Waals surface area contributed by atoms with Gasteiger partial charge >= 0.3 is 0 Å². The standard InChI is InChI=1S/C12H13NO/c1-2-13-7-3-4-11-8-10(9-14)5-6-12(11)13/h3-6,8-9H,2,7H2,1H3. The van der Waals surface area contributed by atoms with E-state index in [2.05, 4.69) is 24.0 Å². The Labute approximate surface area is 83.8 Å². The number of carbonyl (C=O) groups is 1. The van der Waals surface area contributed by atoms with Crippen LogP contribution in [0.15, 0.2) is 24.3 Å². The predicted molar refractivity (Wildman–Crippen MR) is 58.8 cm³/mol. The topological polar surface area (TPSA) is 20.3 Å². The van der Waals surface area contributed by atoms with Gasteiger partial charge in [-0.3, -0.25) is 4.79 Å². The molecule has 1 aromatic carbocycles. The lowest BCUT2D eigenvalue weighted by Gasteiger charge is -2.26. The molecule has 1 aliphatic heterocycles. The fraction of sp³-hybridized carbons (Fsp3) is 0.250. The quantitative estimate of drug-likeness (QED) is 0.662. The summed E-state index contributed by atoms with van der Waals surface area (Å²) in [5, 5.41) is 0. The van der Waals surface area contributed by atoms with Crippen molar-refractivity contribution in [1.82, 2.24) is 0 Å². The molecule has 0 bridgehead atoms. The minimum atomic E-state index is 0.742. The Kier molecular flexibility index (Phi) is 2.35. The highest BCUT2D eigenvalue weighted by molar-refractivity contribution is 5.81. The van der Waals surface area contributed by atoms with Crippen molar-refractivity contribution in [2.45, 2.75) is 6.92 Å². The summed E-state index contributed by atoms with van der Waals surface area (Å²) in [7, 11) is 0. The third-order valence-corrected chi connectivity index (χ3v) is 2.53. The molecular formula is C12H13NO. The number of rotatable bonds is 2. The average molecular weight is 187 g/mol. The van der Waals surface area contributed by atoms with Crippen LogP contribution in [-0.2, 0) is 0 Å². The number of hydrogen-bond acceptors (Lipinski definition) is 2. The van der Waals surface area contributed by atoms with E-state index in [1.165, 1.54) is 5.69 Å². The van der Waals surface area contributed by atoms with Gasteiger partial charge in [-0.15, -0.1) is 0 Å². The van der Waals surface area contributed by atoms with Gasteiger partial charge in [0.25, 0.3) is 0 Å². The molecule has 72 valence electrons. The Morgan fingerprint density at radius 3 is 3.07 bits per heavy atom. The van der Waals surface area contributed by atoms with E-state index in [9.17, 15) is 4.79 Å². The van der Waals surface area contributed by atoms with Crippen LogP contribution in [0.4, 0.5) is 5.69 Å². The van der Waals surface area contributed by atoms with Crippen LogP contribution in [0.2, 0.25) is 0 Å². The highest BCUT2D eigenvalue weighted by atomic mass is 16.1. The monoisotopic (exact) mass is 187 g/mol. The second-order valence-electron chi connectivity index (χ2n) is 3.38. The van der Waals surface area contributed by atoms with Crippen molar-refractivity contribution in [1.29, 1.82) is 0 Å². The van der Waals surface area contributed by atoms with Crippen molar-refractivity contribution in [2.24, 2.45) is 0 Å². The van der Waals surface area contributed by atoms with Crippen molar-refractivity contribution in [2.75, 3.05) is 18.0 Å². The first-order chi connectivity index (χ1) is 6.85. The Morgan fingerprint density at radius 2 is 2.36 bits per heavy atom. The molecule has 0 aliphatic carbocycles. The second kappa shape index (κ2) is 3.66. The number of aldehydes is 1. The molecule has 2 rings (SSSR count). The van der Waals surface area contributed by atoms with Crippen LogP contribution in [-0.4, -0.2) is 19.4 Å². The van der Waals surface area contributed by atoms with Gasteiger partial charge in [0.15, 0.2) is 0 Å². The first-order valence-electron chi connectivity index (χ1n) is 4.86. The van der Waals surface area contributed by atoms with Gasteiger partial charge in [-0.1, -0.05) is 12.2 Å². The number of benzene rings is 1. The predicted octanol–water partition coefficient (Wildman–Crippen LogP) is 2.35. The van der Waals surface area contributed by atoms with Gasteiger partial charge in [-0.25, -0.2) is 0 Å². The number of carbonyl (C=O) groups excluding carboxylic acids is 1. The van der Waals surface area contributed by atoms with Crippen molar-refractivity contribution < 1.29 is 4.79 Å². The lowest BCUT2D eigenvalue weighted by atomic mass is 10.0. The fourth-order valence-electron chi connectivity index (χ4n) is 1.77. The van der Waals surface area contributed by atoms with E-state index in [1.54, 1.807) is 0 Å². The van der Waals surface area contributed by atoms with Gasteiger partial charge in [0.1, 0.15) is 6.29 Å². The van der Waals surface area contributed by atoms with Gasteiger partial charge in [-0.05, 0) is 30.7 Å². The normalized spacial score (nSPS) is 13.9. The zero-order chi connectivity index (χ0) is 9.97. The summed E-state index contributed by atoms with van der Waals surface area (Å²) in [6.45, 7) is 4.10. The third-order valence-electron chi connectivity index (χ3n) is 2.53. The minimum absolute atomic E-state index is 0.742. The lowest BCUT2D eigenvalue weighted by Crippen LogP contribution is -2.25. The summed E-state index contributed by atoms with van der Waals surface area (Å²) in [4.78, 5) is 12.9. The zero-order valence-electron chi connectivity index (χ0n) is 8.23. The minimum Gasteiger partial charge on any atom is -0.368 e. The molecule has 1 aromatic rings. The zero-order valence-corrected chi connectivity index (χ0v) is 8.23. The number of fused-ring (bicyclic) bond motifs is 1. The molecule has 14 heavy (non-hydrogen) atoms. The smallest absolute Gasteiger partial charge is 0.150 e. The molecule has 0 spiro atoms. The maximum Gasteiger partial charge on any atom is 0.150 e. The fourth-order valence-corrected chi connectivity index (χ4v) is 1.77. The molecule has 0 amide bonds. The van der Waals surface area contributed by atoms with Crippen molar-refractivity contribution in [3.8, 4) is 0 Å². The summed E-state index contributed by atoms with van der Waals surface area (Å²) in [6, 6.07) is 5.82. The molecule has 1 heterocycles. The lowest BCUT2D eigenvalue weighted by molar-refractivity contribution is 0.112. The van der Waals surface area contributed by atoms with Crippen LogP contribution < -0.4 is 4.90 Å². The summed E-state index contributed by atoms with van der Waals surface area (Å²) in [5.74, 6) is 0. The molecule has 0 unspecified atom stereocenters. The molecule has 2 heteroatoms. The maximum atomic E-state index is 10.6. The highest BCUT2D eigenvalue weighted by Gasteiger charge is 2.10. The third kappa shape index (κ3) is 1.43. The van der Waals surface area contributed by atoms with Crippen molar-refractivity contribution in [3.63, 3.8) is 0 Å². The van der Waals surface area contributed by atoms with Crippen molar-refractivity contribution in [3.05, 3.63) is 35.4 Å². The van der Waals surface area contributed by atoms with E-state index in [-0.39, 0.29) is 0 Å². The highest BCUT2D eigenvalue weighted by Crippen LogP contribution is 2.26. The first kappa shape index (κ1) is 9.00. The largest absolute Gasteiger partial charge is 0.368 e. The number of likely N-dealkylation sites (N-methyl/N-ethyl adjacent to an activating group) is 1. The molecule has 0 aromatic heterocycles. The van der Waals surface area contributed by atoms with Gasteiger partial charge in [0.2, 0.25) is 0 Å². The number of anilines is 1. The molecule has 0 atom stereocenters. The van der Waals surface area contributed by atoms with Crippen LogP contribution in [0.5, 0.6) is 0 Å². The van der Waals surface area contributed by atoms with Gasteiger partial charge in [0, 0.05) is 24.3 Å². The molecule has 2 nitrogen and oxygen atoms in total. The summed E-state index contributed by atoms with van der Waals surface area (Å²) in [5.41, 5.74) is 3.11. The average Bonchev–Trinajstić information content (AvgIpc) is 2.27. The van der Waals surface area contributed by atoms with E-state index in [0.29, 0.717) is 0 Å². The van der Waals surface area contributed by atoms with E-state index in [0.717, 1.165) is 30.5 Å². The summed E-state index contributed by atoms with van der Waals surface area (Å²) >= 11 is 0. The molecular weight excluding hydrogens is 174 g/mol. The van der Waals surface area contributed by atoms with Gasteiger partial charge < -0.3 is 4.90 Å². The second-order valence-corrected chi connectivity index (χ2v) is 3.38. The van der Waals surface area contributed by atoms with Crippen LogP contribution in [0.3, 0.4) is 0 Å². The van der Waals surface area contributed by atoms with Gasteiger partial charge in [-0.2, -0.15) is 0 Å². The van der Waals surface area contributed by atoms with Crippen LogP contribution in [0.1, 0.15) is 22.8 Å². The Hall–Kier alpha value is -1.57. The summed E-state index contributed by atoms with van der Waals surface area (Å²) in [6.07, 6.45) is 5.09. The van der Waals surface area contributed by atoms with Crippen LogP contribution in [0.25, 0.3) is 6.08 Å². The van der Waals surface area contributed by atoms with Crippen molar-refractivity contribution >= 4 is 18.0 Å². The molecule has 1 aliphatic rings. The molecule has 0 N–H and O–H groups in total. The van der Waals surface area contributed by atoms with Crippen LogP contribution in [0, 0.1) is 0 Å². The van der Waals surface area contributed by atoms with E-state index in [1.807, 2.05) is 18.2 Å². The molecule has 0 radical (unpaired) electrons. The summed E-state index contributed by atoms with van der Waals surface area (Å²) < 4.78 is 0. The number of hydrogen-bond donors (Lipinski definition) is 0. The molecule has 0 saturated carbocycles. The van der Waals surface area contributed by atoms with E-state index in [4.69, 9.17) is 0 Å². The number of nitrogens with zero attached hydrogens (tertiary/aromatic N) is 1. The molecule has 0 fully saturated rings. The first-order valence-corrected chi connectivity index (χ1v) is 4.86. The Bertz CT molecular complexity index is 382. The Morgan fingerprint density at radius 1 is 1.50 bits per heavy atom. The maximum absolute atomic E-state index is 10.6. The van der Waals surface area contributed by atoms with Gasteiger partial charge in [0.05, 0.1) is 0 Å². The Balaban J connectivity index is 2.47. The SMILES string of the molecule is CCN1CC=Cc2cc(C=O)ccc21. The van der Waals surface area contributed by atoms with Crippen LogP contribution >= 0.6 is 0 Å². The van der Waals surface area contributed by atoms with E-state index >= 15 is 0 Å².